The summed E-state index contributed by atoms with van der Waals surface area (Å²) in [5, 5.41) is 5.87. The van der Waals surface area contributed by atoms with Gasteiger partial charge in [-0.25, -0.2) is 4.39 Å². The summed E-state index contributed by atoms with van der Waals surface area (Å²) < 4.78 is 31.2. The van der Waals surface area contributed by atoms with Crippen molar-refractivity contribution < 1.29 is 37.8 Å². The Labute approximate surface area is 257 Å². The number of nitrogens with one attached hydrogen (secondary N) is 2. The number of hydrogen-bond acceptors (Lipinski definition) is 7. The number of halogens is 1. The van der Waals surface area contributed by atoms with Gasteiger partial charge >= 0.3 is 0 Å². The number of benzene rings is 2. The lowest BCUT2D eigenvalue weighted by molar-refractivity contribution is -0.126. The van der Waals surface area contributed by atoms with Crippen molar-refractivity contribution in [3.63, 3.8) is 0 Å². The summed E-state index contributed by atoms with van der Waals surface area (Å²) in [6.45, 7) is 4.15. The van der Waals surface area contributed by atoms with Crippen molar-refractivity contribution in [3.8, 4) is 17.2 Å². The minimum absolute atomic E-state index is 0.00320. The highest BCUT2D eigenvalue weighted by Crippen LogP contribution is 2.40. The van der Waals surface area contributed by atoms with Crippen LogP contribution in [0.3, 0.4) is 0 Å². The molecule has 2 aliphatic heterocycles. The lowest BCUT2D eigenvalue weighted by Crippen LogP contribution is -2.54. The number of methoxy groups -OCH3 is 3. The van der Waals surface area contributed by atoms with Gasteiger partial charge < -0.3 is 34.6 Å². The molecule has 0 radical (unpaired) electrons. The van der Waals surface area contributed by atoms with Crippen LogP contribution in [0, 0.1) is 11.7 Å². The first-order valence-corrected chi connectivity index (χ1v) is 14.8. The average Bonchev–Trinajstić information content (AvgIpc) is 3.51. The van der Waals surface area contributed by atoms with E-state index >= 15 is 0 Å². The van der Waals surface area contributed by atoms with Gasteiger partial charge in [0.05, 0.1) is 39.0 Å². The Morgan fingerprint density at radius 1 is 1.00 bits per heavy atom. The normalized spacial score (nSPS) is 20.0. The van der Waals surface area contributed by atoms with Gasteiger partial charge in [-0.2, -0.15) is 0 Å². The lowest BCUT2D eigenvalue weighted by atomic mass is 10.0. The minimum atomic E-state index is -0.791. The molecule has 2 heterocycles. The SMILES string of the molecule is COc1ccc(C(=O)N2CC(=O)NCCCc3ccc(F)c(c3)C(=O)N3CCC[C@H]3C(=O)N[C@H](C(C)C)C2)c(OC)c1OC. The van der Waals surface area contributed by atoms with Crippen molar-refractivity contribution >= 4 is 23.6 Å². The molecule has 1 saturated heterocycles. The van der Waals surface area contributed by atoms with Gasteiger partial charge in [-0.15, -0.1) is 0 Å². The number of carbonyl (C=O) groups is 4. The zero-order chi connectivity index (χ0) is 32.0. The molecule has 2 bridgehead atoms. The van der Waals surface area contributed by atoms with Gasteiger partial charge in [-0.3, -0.25) is 19.2 Å². The first-order chi connectivity index (χ1) is 21.1. The molecule has 4 rings (SSSR count). The molecule has 2 aliphatic rings. The molecule has 4 amide bonds. The highest BCUT2D eigenvalue weighted by Gasteiger charge is 2.37. The Hall–Kier alpha value is -4.35. The van der Waals surface area contributed by atoms with Gasteiger partial charge in [0, 0.05) is 25.7 Å². The number of rotatable bonds is 5. The molecule has 0 saturated carbocycles. The standard InChI is InChI=1S/C32H41FN4O7/c1-19(2)24-17-36(31(40)21-11-13-26(42-3)29(44-5)28(21)43-4)18-27(38)34-14-6-8-20-10-12-23(33)22(16-20)32(41)37-15-7-9-25(37)30(39)35-24/h10-13,16,19,24-25H,6-9,14-15,17-18H2,1-5H3,(H,34,38)(H,35,39)/t24-,25-/m0/s1. The van der Waals surface area contributed by atoms with Crippen molar-refractivity contribution in [2.75, 3.05) is 47.5 Å². The predicted molar refractivity (Wildman–Crippen MR) is 161 cm³/mol. The van der Waals surface area contributed by atoms with E-state index in [0.717, 1.165) is 5.56 Å². The molecule has 0 aliphatic carbocycles. The Kier molecular flexibility index (Phi) is 10.7. The molecular formula is C32H41FN4O7. The second kappa shape index (κ2) is 14.4. The maximum atomic E-state index is 14.8. The first kappa shape index (κ1) is 32.6. The second-order valence-electron chi connectivity index (χ2n) is 11.4. The quantitative estimate of drug-likeness (QED) is 0.532. The molecule has 0 spiro atoms. The smallest absolute Gasteiger partial charge is 0.258 e. The highest BCUT2D eigenvalue weighted by molar-refractivity contribution is 6.00. The molecular weight excluding hydrogens is 571 g/mol. The van der Waals surface area contributed by atoms with Crippen molar-refractivity contribution in [2.45, 2.75) is 51.6 Å². The number of nitrogens with zero attached hydrogens (tertiary/aromatic N) is 2. The third-order valence-electron chi connectivity index (χ3n) is 8.15. The third kappa shape index (κ3) is 7.06. The zero-order valence-electron chi connectivity index (χ0n) is 25.9. The minimum Gasteiger partial charge on any atom is -0.493 e. The van der Waals surface area contributed by atoms with E-state index in [9.17, 15) is 23.6 Å². The van der Waals surface area contributed by atoms with E-state index in [1.807, 2.05) is 13.8 Å². The van der Waals surface area contributed by atoms with Crippen molar-refractivity contribution in [2.24, 2.45) is 5.92 Å². The Morgan fingerprint density at radius 3 is 2.43 bits per heavy atom. The predicted octanol–water partition coefficient (Wildman–Crippen LogP) is 2.80. The summed E-state index contributed by atoms with van der Waals surface area (Å²) in [7, 11) is 4.31. The third-order valence-corrected chi connectivity index (χ3v) is 8.15. The Balaban J connectivity index is 1.70. The van der Waals surface area contributed by atoms with E-state index < -0.39 is 35.6 Å². The van der Waals surface area contributed by atoms with E-state index in [1.54, 1.807) is 18.2 Å². The maximum absolute atomic E-state index is 14.8. The van der Waals surface area contributed by atoms with Crippen molar-refractivity contribution in [3.05, 3.63) is 52.8 Å². The number of hydrogen-bond donors (Lipinski definition) is 2. The van der Waals surface area contributed by atoms with Gasteiger partial charge in [0.15, 0.2) is 11.5 Å². The topological polar surface area (TPSA) is 127 Å². The van der Waals surface area contributed by atoms with Crippen LogP contribution < -0.4 is 24.8 Å². The van der Waals surface area contributed by atoms with Gasteiger partial charge in [-0.05, 0) is 61.4 Å². The summed E-state index contributed by atoms with van der Waals surface area (Å²) in [4.78, 5) is 57.1. The number of fused-ring (bicyclic) bond motifs is 3. The van der Waals surface area contributed by atoms with E-state index in [2.05, 4.69) is 10.6 Å². The van der Waals surface area contributed by atoms with Gasteiger partial charge in [0.2, 0.25) is 17.6 Å². The monoisotopic (exact) mass is 612 g/mol. The highest BCUT2D eigenvalue weighted by atomic mass is 19.1. The molecule has 0 unspecified atom stereocenters. The van der Waals surface area contributed by atoms with Gasteiger partial charge in [-0.1, -0.05) is 19.9 Å². The van der Waals surface area contributed by atoms with Crippen LogP contribution in [0.2, 0.25) is 0 Å². The number of ether oxygens (including phenoxy) is 3. The van der Waals surface area contributed by atoms with Crippen LogP contribution in [-0.4, -0.2) is 93.0 Å². The Bertz CT molecular complexity index is 1400. The fourth-order valence-electron chi connectivity index (χ4n) is 5.68. The van der Waals surface area contributed by atoms with Crippen LogP contribution >= 0.6 is 0 Å². The number of carbonyl (C=O) groups excluding carboxylic acids is 4. The summed E-state index contributed by atoms with van der Waals surface area (Å²) in [6.07, 6.45) is 2.05. The summed E-state index contributed by atoms with van der Waals surface area (Å²) in [6, 6.07) is 6.17. The van der Waals surface area contributed by atoms with Crippen LogP contribution in [0.4, 0.5) is 4.39 Å². The summed E-state index contributed by atoms with van der Waals surface area (Å²) in [5.74, 6) is -1.84. The van der Waals surface area contributed by atoms with E-state index in [4.69, 9.17) is 14.2 Å². The fourth-order valence-corrected chi connectivity index (χ4v) is 5.68. The molecule has 2 aromatic carbocycles. The average molecular weight is 613 g/mol. The van der Waals surface area contributed by atoms with Crippen LogP contribution in [-0.2, 0) is 16.0 Å². The largest absolute Gasteiger partial charge is 0.493 e. The van der Waals surface area contributed by atoms with E-state index in [-0.39, 0.29) is 47.5 Å². The van der Waals surface area contributed by atoms with Crippen LogP contribution in [0.15, 0.2) is 30.3 Å². The molecule has 2 N–H and O–H groups in total. The van der Waals surface area contributed by atoms with Crippen LogP contribution in [0.5, 0.6) is 17.2 Å². The number of aryl methyl sites for hydroxylation is 1. The summed E-state index contributed by atoms with van der Waals surface area (Å²) >= 11 is 0. The van der Waals surface area contributed by atoms with E-state index in [1.165, 1.54) is 43.3 Å². The molecule has 0 aromatic heterocycles. The van der Waals surface area contributed by atoms with Crippen molar-refractivity contribution in [1.29, 1.82) is 0 Å². The Morgan fingerprint density at radius 2 is 1.75 bits per heavy atom. The fraction of sp³-hybridized carbons (Fsp3) is 0.500. The van der Waals surface area contributed by atoms with Gasteiger partial charge in [0.25, 0.3) is 11.8 Å². The molecule has 2 atom stereocenters. The molecule has 44 heavy (non-hydrogen) atoms. The maximum Gasteiger partial charge on any atom is 0.258 e. The van der Waals surface area contributed by atoms with Crippen LogP contribution in [0.1, 0.15) is 59.4 Å². The molecule has 12 heteroatoms. The molecule has 1 fully saturated rings. The first-order valence-electron chi connectivity index (χ1n) is 14.8. The summed E-state index contributed by atoms with van der Waals surface area (Å²) in [5.41, 5.74) is 0.828. The van der Waals surface area contributed by atoms with Crippen molar-refractivity contribution in [1.82, 2.24) is 20.4 Å². The second-order valence-corrected chi connectivity index (χ2v) is 11.4. The number of amides is 4. The van der Waals surface area contributed by atoms with Gasteiger partial charge in [0.1, 0.15) is 11.9 Å². The molecule has 2 aromatic rings. The zero-order valence-corrected chi connectivity index (χ0v) is 25.9. The van der Waals surface area contributed by atoms with E-state index in [0.29, 0.717) is 44.5 Å². The molecule has 11 nitrogen and oxygen atoms in total. The molecule has 238 valence electrons. The lowest BCUT2D eigenvalue weighted by Gasteiger charge is -2.32. The van der Waals surface area contributed by atoms with Crippen LogP contribution in [0.25, 0.3) is 0 Å².